The van der Waals surface area contributed by atoms with E-state index in [9.17, 15) is 9.90 Å². The van der Waals surface area contributed by atoms with Gasteiger partial charge in [-0.25, -0.2) is 24.7 Å². The Labute approximate surface area is 486 Å². The summed E-state index contributed by atoms with van der Waals surface area (Å²) in [5, 5.41) is 18.1. The number of unbranched alkanes of at least 4 members (excludes halogenated alkanes) is 4. The number of nitrogens with one attached hydrogen (secondary N) is 2. The van der Waals surface area contributed by atoms with E-state index in [-0.39, 0.29) is 17.6 Å². The summed E-state index contributed by atoms with van der Waals surface area (Å²) in [6, 6.07) is 22.1. The van der Waals surface area contributed by atoms with Crippen molar-refractivity contribution in [3.8, 4) is 5.75 Å². The number of aromatic nitrogens is 6. The van der Waals surface area contributed by atoms with Crippen LogP contribution in [0, 0.1) is 0 Å². The molecule has 0 radical (unpaired) electrons. The zero-order chi connectivity index (χ0) is 51.9. The van der Waals surface area contributed by atoms with E-state index >= 15 is 0 Å². The third-order valence-electron chi connectivity index (χ3n) is 11.2. The van der Waals surface area contributed by atoms with Crippen molar-refractivity contribution in [2.24, 2.45) is 5.73 Å². The molecule has 0 saturated carbocycles. The maximum absolute atomic E-state index is 12.0. The van der Waals surface area contributed by atoms with Crippen molar-refractivity contribution < 1.29 is 33.8 Å². The Balaban J connectivity index is 0.000000305. The molecule has 1 amide bonds. The Morgan fingerprint density at radius 2 is 1.32 bits per heavy atom. The average molecular weight is 1610 g/mol. The number of nitrogen functional groups attached to an aromatic ring is 1. The number of methoxy groups -OCH3 is 1. The first-order valence-corrected chi connectivity index (χ1v) is 46.4. The second-order valence-corrected chi connectivity index (χ2v) is 64.7. The van der Waals surface area contributed by atoms with Crippen molar-refractivity contribution in [2.45, 2.75) is 131 Å². The molecule has 0 fully saturated rings. The molecule has 71 heavy (non-hydrogen) atoms. The second kappa shape index (κ2) is 33.1. The van der Waals surface area contributed by atoms with Gasteiger partial charge in [-0.15, -0.1) is 0 Å². The number of amides is 1. The summed E-state index contributed by atoms with van der Waals surface area (Å²) in [6.45, 7) is 13.4. The van der Waals surface area contributed by atoms with E-state index < -0.39 is 5.60 Å². The third kappa shape index (κ3) is 19.7. The van der Waals surface area contributed by atoms with Crippen LogP contribution in [0.15, 0.2) is 66.7 Å². The monoisotopic (exact) mass is 1610 g/mol. The number of rotatable bonds is 20. The number of fused-ring (bicyclic) bond motifs is 6. The number of alkyl carbamates (subject to hydrolysis) is 1. The van der Waals surface area contributed by atoms with E-state index in [2.05, 4.69) is 151 Å². The molecule has 0 unspecified atom stereocenters. The van der Waals surface area contributed by atoms with Crippen LogP contribution in [0.5, 0.6) is 5.75 Å². The van der Waals surface area contributed by atoms with E-state index in [4.69, 9.17) is 35.9 Å². The molecule has 0 atom stereocenters. The van der Waals surface area contributed by atoms with Gasteiger partial charge in [0.1, 0.15) is 34.0 Å². The maximum atomic E-state index is 12.0. The normalized spacial score (nSPS) is 11.2. The molecule has 21 heteroatoms. The van der Waals surface area contributed by atoms with E-state index in [1.54, 1.807) is 7.11 Å². The first-order valence-electron chi connectivity index (χ1n) is 23.8. The number of ether oxygens (including phenoxy) is 2. The summed E-state index contributed by atoms with van der Waals surface area (Å²) >= 11 is 12.1. The fourth-order valence-electron chi connectivity index (χ4n) is 7.97. The number of aliphatic hydroxyl groups is 1. The first kappa shape index (κ1) is 62.4. The summed E-state index contributed by atoms with van der Waals surface area (Å²) < 4.78 is 15.6. The van der Waals surface area contributed by atoms with Gasteiger partial charge in [-0.3, -0.25) is 0 Å². The Hall–Kier alpha value is -1.17. The molecule has 4 aromatic heterocycles. The number of anilines is 2. The van der Waals surface area contributed by atoms with Crippen molar-refractivity contribution in [3.05, 3.63) is 89.5 Å². The number of aryl methyl sites for hydroxylation is 4. The van der Waals surface area contributed by atoms with Gasteiger partial charge in [0, 0.05) is 55.4 Å². The number of nitrogens with two attached hydrogens (primary N) is 2. The van der Waals surface area contributed by atoms with Gasteiger partial charge in [0.05, 0.1) is 35.8 Å². The van der Waals surface area contributed by atoms with Crippen molar-refractivity contribution in [1.82, 2.24) is 34.4 Å². The molecular weight excluding hydrogens is 1540 g/mol. The number of benzene rings is 3. The first-order chi connectivity index (χ1) is 34.1. The van der Waals surface area contributed by atoms with Gasteiger partial charge in [-0.1, -0.05) is 75.2 Å². The van der Waals surface area contributed by atoms with Gasteiger partial charge in [0.25, 0.3) is 0 Å². The average Bonchev–Trinajstić information content (AvgIpc) is 3.90. The number of imidazole rings is 2. The molecule has 7 aromatic rings. The summed E-state index contributed by atoms with van der Waals surface area (Å²) in [5.74, 6) is 4.14. The topological polar surface area (TPSA) is 193 Å². The summed E-state index contributed by atoms with van der Waals surface area (Å²) in [5.41, 5.74) is 18.8. The van der Waals surface area contributed by atoms with Crippen LogP contribution in [0.3, 0.4) is 0 Å². The van der Waals surface area contributed by atoms with Crippen LogP contribution >= 0.6 is 99.9 Å². The number of hydrogen-bond acceptors (Lipinski definition) is 11. The van der Waals surface area contributed by atoms with E-state index in [1.165, 1.54) is 0 Å². The number of hydrogen-bond donors (Lipinski definition) is 5. The van der Waals surface area contributed by atoms with Gasteiger partial charge in [0.2, 0.25) is 0 Å². The number of carbonyl (C=O) groups is 1. The third-order valence-corrected chi connectivity index (χ3v) is 11.2. The van der Waals surface area contributed by atoms with E-state index in [0.29, 0.717) is 28.4 Å². The van der Waals surface area contributed by atoms with Crippen molar-refractivity contribution in [1.29, 1.82) is 0 Å². The molecule has 0 spiro atoms. The molecule has 0 saturated heterocycles. The molecule has 4 heterocycles. The quantitative estimate of drug-likeness (QED) is 0.0360. The fourth-order valence-corrected chi connectivity index (χ4v) is 7.97. The minimum atomic E-state index is -0.511. The van der Waals surface area contributed by atoms with Crippen LogP contribution in [0.4, 0.5) is 16.4 Å². The van der Waals surface area contributed by atoms with E-state index in [0.717, 1.165) is 162 Å². The predicted octanol–water partition coefficient (Wildman–Crippen LogP) is 14.0. The second-order valence-electron chi connectivity index (χ2n) is 17.5. The van der Waals surface area contributed by atoms with Crippen molar-refractivity contribution in [3.63, 3.8) is 0 Å². The molecule has 3 aromatic carbocycles. The molecule has 7 N–H and O–H groups in total. The molecule has 387 valence electrons. The van der Waals surface area contributed by atoms with Crippen LogP contribution < -0.4 is 26.8 Å². The number of aliphatic hydroxyl groups excluding tert-OH is 1. The summed E-state index contributed by atoms with van der Waals surface area (Å²) in [6.07, 6.45) is 9.66. The molecule has 0 aliphatic carbocycles. The zero-order valence-electron chi connectivity index (χ0n) is 41.5. The van der Waals surface area contributed by atoms with Crippen LogP contribution in [-0.2, 0) is 58.2 Å². The Morgan fingerprint density at radius 1 is 0.789 bits per heavy atom. The fraction of sp³-hybridized carbons (Fsp3) is 0.460. The van der Waals surface area contributed by atoms with Crippen molar-refractivity contribution >= 4 is 161 Å². The van der Waals surface area contributed by atoms with Gasteiger partial charge in [0.15, 0.2) is 11.6 Å². The number of halogens is 5. The van der Waals surface area contributed by atoms with Crippen LogP contribution in [0.25, 0.3) is 43.9 Å². The number of nitrogens with zero attached hydrogens (tertiary/aromatic N) is 6. The number of carbonyl (C=O) groups excluding carboxylic acids is 1. The molecule has 0 aliphatic rings. The summed E-state index contributed by atoms with van der Waals surface area (Å²) in [7, 11) is 2.26. The van der Waals surface area contributed by atoms with Crippen LogP contribution in [-0.4, -0.2) is 66.1 Å². The molecule has 7 rings (SSSR count). The predicted molar refractivity (Wildman–Crippen MR) is 330 cm³/mol. The molecule has 0 bridgehead atoms. The SMILES string of the molecule is CCCCc1nc2c(N)nc3ccccc3c2n1CCCCN.CCCCc1nc2c(NCc3ccc(CO)cc3OC)nc3ccccc3c2n1CCCCNC(=O)OC(C)(C)C.[I][V]([I])[I].[I][V][I]. The van der Waals surface area contributed by atoms with Gasteiger partial charge < -0.3 is 45.8 Å². The van der Waals surface area contributed by atoms with Gasteiger partial charge >= 0.3 is 120 Å². The number of pyridine rings is 2. The molecule has 0 aliphatic heterocycles. The van der Waals surface area contributed by atoms with Crippen LogP contribution in [0.2, 0.25) is 0 Å². The summed E-state index contributed by atoms with van der Waals surface area (Å²) in [4.78, 5) is 31.2. The molecule has 14 nitrogen and oxygen atoms in total. The Morgan fingerprint density at radius 3 is 1.86 bits per heavy atom. The van der Waals surface area contributed by atoms with Gasteiger partial charge in [-0.05, 0) is 89.6 Å². The zero-order valence-corrected chi connectivity index (χ0v) is 55.0. The van der Waals surface area contributed by atoms with E-state index in [1.807, 2.05) is 75.4 Å². The standard InChI is InChI=1S/C32H43N5O4.C18H25N5.5HI.2V/c1-6-7-14-27-36-28-29(37(27)18-11-10-17-33-31(39)41-32(2,3)4)24-12-8-9-13-25(24)35-30(28)34-20-23-16-15-22(21-38)19-26(23)40-5;1-2-3-10-15-22-16-17(23(15)12-7-6-11-19)13-8-4-5-9-14(13)21-18(16)20;;;;;;;/h8-9,12-13,15-16,19,38H,6-7,10-11,14,17-18,20-21H2,1-5H3,(H,33,39)(H,34,35);4-5,8-9H,2-3,6-7,10-12,19H2,1H3,(H2,20,21);5*1H;;/q;;;;;;;+2;+3/p-5. The van der Waals surface area contributed by atoms with Crippen molar-refractivity contribution in [2.75, 3.05) is 31.2 Å². The Kier molecular flexibility index (Phi) is 29.1. The number of para-hydroxylation sites is 2. The van der Waals surface area contributed by atoms with Gasteiger partial charge in [-0.2, -0.15) is 0 Å². The minimum absolute atomic E-state index is 0.0358. The molecular formula is C50H68I5N10O4V2. The Bertz CT molecular complexity index is 2740. The van der Waals surface area contributed by atoms with Crippen LogP contribution in [0.1, 0.15) is 109 Å².